The molecule has 0 saturated carbocycles. The van der Waals surface area contributed by atoms with Crippen molar-refractivity contribution in [3.63, 3.8) is 0 Å². The number of ketones is 1. The summed E-state index contributed by atoms with van der Waals surface area (Å²) in [6.45, 7) is 1.56. The molecule has 6 rings (SSSR count). The molecule has 2 N–H and O–H groups in total. The van der Waals surface area contributed by atoms with Crippen LogP contribution in [0.2, 0.25) is 0 Å². The van der Waals surface area contributed by atoms with Gasteiger partial charge >= 0.3 is 11.9 Å². The van der Waals surface area contributed by atoms with Crippen LogP contribution in [0.15, 0.2) is 83.5 Å². The minimum atomic E-state index is -1.69. The highest BCUT2D eigenvalue weighted by Gasteiger charge is 2.67. The number of rotatable bonds is 5. The van der Waals surface area contributed by atoms with Crippen molar-refractivity contribution in [2.45, 2.75) is 24.8 Å². The van der Waals surface area contributed by atoms with Crippen molar-refractivity contribution in [1.82, 2.24) is 10.6 Å². The molecule has 3 aliphatic carbocycles. The van der Waals surface area contributed by atoms with E-state index < -0.39 is 76.5 Å². The lowest BCUT2D eigenvalue weighted by Crippen LogP contribution is -2.57. The molecule has 10 heteroatoms. The summed E-state index contributed by atoms with van der Waals surface area (Å²) in [5.74, 6) is -9.14. The van der Waals surface area contributed by atoms with Gasteiger partial charge in [-0.15, -0.1) is 0 Å². The second-order valence-corrected chi connectivity index (χ2v) is 11.5. The molecule has 220 valence electrons. The van der Waals surface area contributed by atoms with E-state index in [1.54, 1.807) is 67.6 Å². The van der Waals surface area contributed by atoms with Gasteiger partial charge in [0.25, 0.3) is 5.91 Å². The number of ether oxygens (including phenoxy) is 2. The molecular formula is C33H30N2O8. The number of carbonyl (C=O) groups excluding carboxylic acids is 6. The van der Waals surface area contributed by atoms with Gasteiger partial charge in [0.05, 0.1) is 32.0 Å². The van der Waals surface area contributed by atoms with Gasteiger partial charge in [0, 0.05) is 28.5 Å². The van der Waals surface area contributed by atoms with Gasteiger partial charge in [-0.2, -0.15) is 0 Å². The number of methoxy groups -OCH3 is 2. The lowest BCUT2D eigenvalue weighted by Gasteiger charge is -2.40. The Morgan fingerprint density at radius 2 is 1.51 bits per heavy atom. The van der Waals surface area contributed by atoms with Crippen LogP contribution in [0.3, 0.4) is 0 Å². The second kappa shape index (κ2) is 10.4. The highest BCUT2D eigenvalue weighted by molar-refractivity contribution is 6.15. The summed E-state index contributed by atoms with van der Waals surface area (Å²) in [4.78, 5) is 81.9. The molecule has 7 atom stereocenters. The fraction of sp³-hybridized carbons (Fsp3) is 0.333. The number of Topliss-reactive ketones (excluding diaryl/α,β-unsaturated/α-hetero) is 1. The fourth-order valence-electron chi connectivity index (χ4n) is 7.66. The third kappa shape index (κ3) is 4.23. The van der Waals surface area contributed by atoms with Gasteiger partial charge in [0.15, 0.2) is 5.78 Å². The smallest absolute Gasteiger partial charge is 0.333 e. The first-order valence-corrected chi connectivity index (χ1v) is 14.0. The van der Waals surface area contributed by atoms with Crippen LogP contribution in [0, 0.1) is 29.6 Å². The zero-order valence-corrected chi connectivity index (χ0v) is 23.8. The van der Waals surface area contributed by atoms with E-state index in [0.29, 0.717) is 16.7 Å². The SMILES string of the molecule is COC(=O)C1=C[C@@H](C(=O)OC)C2C3=C(C(=O)[C@@]2(C)NC(=O)c2ccccc2)[C@H](c2ccccc2)[C@@H]2C(=O)NC(=O)[C@@H]2[C@@H]3C1. The van der Waals surface area contributed by atoms with E-state index >= 15 is 0 Å². The average Bonchev–Trinajstić information content (AvgIpc) is 3.34. The number of fused-ring (bicyclic) bond motifs is 2. The van der Waals surface area contributed by atoms with E-state index in [1.165, 1.54) is 20.3 Å². The number of nitrogens with one attached hydrogen (secondary N) is 2. The summed E-state index contributed by atoms with van der Waals surface area (Å²) in [6.07, 6.45) is 1.38. The Kier molecular flexibility index (Phi) is 6.87. The number of imide groups is 1. The topological polar surface area (TPSA) is 145 Å². The molecule has 43 heavy (non-hydrogen) atoms. The predicted octanol–water partition coefficient (Wildman–Crippen LogP) is 2.27. The highest BCUT2D eigenvalue weighted by atomic mass is 16.5. The molecule has 2 aromatic rings. The molecule has 0 bridgehead atoms. The number of carbonyl (C=O) groups is 6. The van der Waals surface area contributed by atoms with Crippen LogP contribution < -0.4 is 10.6 Å². The maximum atomic E-state index is 14.8. The summed E-state index contributed by atoms with van der Waals surface area (Å²) in [5.41, 5.74) is 0.134. The molecule has 1 saturated heterocycles. The van der Waals surface area contributed by atoms with E-state index in [4.69, 9.17) is 9.47 Å². The summed E-state index contributed by atoms with van der Waals surface area (Å²) in [6, 6.07) is 17.3. The van der Waals surface area contributed by atoms with Crippen LogP contribution in [-0.4, -0.2) is 55.2 Å². The van der Waals surface area contributed by atoms with Gasteiger partial charge in [-0.05, 0) is 37.0 Å². The molecule has 1 aliphatic heterocycles. The molecule has 4 aliphatic rings. The highest BCUT2D eigenvalue weighted by Crippen LogP contribution is 2.61. The number of hydrogen-bond acceptors (Lipinski definition) is 8. The molecule has 1 unspecified atom stereocenters. The maximum Gasteiger partial charge on any atom is 0.333 e. The van der Waals surface area contributed by atoms with E-state index in [1.807, 2.05) is 0 Å². The lowest BCUT2D eigenvalue weighted by atomic mass is 9.61. The second-order valence-electron chi connectivity index (χ2n) is 11.5. The number of hydrogen-bond donors (Lipinski definition) is 2. The Balaban J connectivity index is 1.63. The number of esters is 2. The number of benzene rings is 2. The van der Waals surface area contributed by atoms with Gasteiger partial charge in [-0.25, -0.2) is 4.79 Å². The quantitative estimate of drug-likeness (QED) is 0.404. The van der Waals surface area contributed by atoms with E-state index in [2.05, 4.69) is 10.6 Å². The van der Waals surface area contributed by atoms with E-state index in [9.17, 15) is 28.8 Å². The van der Waals surface area contributed by atoms with Crippen LogP contribution in [0.1, 0.15) is 35.2 Å². The van der Waals surface area contributed by atoms with Crippen LogP contribution in [0.5, 0.6) is 0 Å². The van der Waals surface area contributed by atoms with Crippen molar-refractivity contribution >= 4 is 35.4 Å². The van der Waals surface area contributed by atoms with Crippen molar-refractivity contribution in [2.75, 3.05) is 14.2 Å². The molecule has 0 radical (unpaired) electrons. The minimum absolute atomic E-state index is 0.0468. The van der Waals surface area contributed by atoms with Gasteiger partial charge in [0.1, 0.15) is 5.54 Å². The van der Waals surface area contributed by atoms with Crippen LogP contribution in [-0.2, 0) is 33.4 Å². The van der Waals surface area contributed by atoms with Crippen molar-refractivity contribution in [2.24, 2.45) is 29.6 Å². The Labute approximate surface area is 247 Å². The Hall–Kier alpha value is -4.86. The van der Waals surface area contributed by atoms with Crippen LogP contribution in [0.25, 0.3) is 0 Å². The van der Waals surface area contributed by atoms with Crippen molar-refractivity contribution < 1.29 is 38.2 Å². The molecule has 1 heterocycles. The molecule has 2 aromatic carbocycles. The Morgan fingerprint density at radius 1 is 0.884 bits per heavy atom. The van der Waals surface area contributed by atoms with Gasteiger partial charge in [0.2, 0.25) is 11.8 Å². The molecule has 0 aromatic heterocycles. The molecule has 0 spiro atoms. The number of amides is 3. The monoisotopic (exact) mass is 582 g/mol. The lowest BCUT2D eigenvalue weighted by molar-refractivity contribution is -0.146. The van der Waals surface area contributed by atoms with E-state index in [-0.39, 0.29) is 17.6 Å². The molecule has 3 amide bonds. The Morgan fingerprint density at radius 3 is 2.14 bits per heavy atom. The maximum absolute atomic E-state index is 14.8. The first-order chi connectivity index (χ1) is 20.6. The van der Waals surface area contributed by atoms with Crippen molar-refractivity contribution in [3.8, 4) is 0 Å². The third-order valence-electron chi connectivity index (χ3n) is 9.39. The standard InChI is InChI=1S/C33H30N2O8/c1-33(35-28(37)17-12-8-5-9-13-17)26-20(32(41)43-3)15-18(31(40)42-2)14-19-22(26)24(27(33)36)21(16-10-6-4-7-11-16)25-23(19)29(38)34-30(25)39/h4-13,15,19-21,23,25-26H,14H2,1-3H3,(H,35,37)(H,34,38,39)/t19-,20-,21+,23-,25+,26?,33+/m1/s1. The zero-order valence-electron chi connectivity index (χ0n) is 23.8. The summed E-state index contributed by atoms with van der Waals surface area (Å²) < 4.78 is 10.2. The zero-order chi connectivity index (χ0) is 30.6. The summed E-state index contributed by atoms with van der Waals surface area (Å²) in [7, 11) is 2.41. The first kappa shape index (κ1) is 28.3. The first-order valence-electron chi connectivity index (χ1n) is 14.0. The van der Waals surface area contributed by atoms with Gasteiger partial charge in [-0.3, -0.25) is 29.3 Å². The van der Waals surface area contributed by atoms with Gasteiger partial charge < -0.3 is 14.8 Å². The molecular weight excluding hydrogens is 552 g/mol. The average molecular weight is 583 g/mol. The Bertz CT molecular complexity index is 1630. The molecule has 10 nitrogen and oxygen atoms in total. The summed E-state index contributed by atoms with van der Waals surface area (Å²) in [5, 5.41) is 5.37. The van der Waals surface area contributed by atoms with Crippen LogP contribution in [0.4, 0.5) is 0 Å². The summed E-state index contributed by atoms with van der Waals surface area (Å²) >= 11 is 0. The predicted molar refractivity (Wildman–Crippen MR) is 151 cm³/mol. The third-order valence-corrected chi connectivity index (χ3v) is 9.39. The van der Waals surface area contributed by atoms with Crippen molar-refractivity contribution in [3.05, 3.63) is 94.6 Å². The van der Waals surface area contributed by atoms with Crippen LogP contribution >= 0.6 is 0 Å². The van der Waals surface area contributed by atoms with E-state index in [0.717, 1.165) is 0 Å². The van der Waals surface area contributed by atoms with Crippen molar-refractivity contribution in [1.29, 1.82) is 0 Å². The van der Waals surface area contributed by atoms with Gasteiger partial charge in [-0.1, -0.05) is 60.2 Å². The largest absolute Gasteiger partial charge is 0.469 e. The normalized spacial score (nSPS) is 30.9. The minimum Gasteiger partial charge on any atom is -0.469 e. The fourth-order valence-corrected chi connectivity index (χ4v) is 7.66. The molecule has 1 fully saturated rings.